The van der Waals surface area contributed by atoms with Crippen LogP contribution in [0.4, 0.5) is 0 Å². The quantitative estimate of drug-likeness (QED) is 0.614. The second kappa shape index (κ2) is 5.37. The van der Waals surface area contributed by atoms with Crippen LogP contribution in [0, 0.1) is 0 Å². The Morgan fingerprint density at radius 2 is 2.46 bits per heavy atom. The number of rotatable bonds is 5. The van der Waals surface area contributed by atoms with Gasteiger partial charge >= 0.3 is 0 Å². The van der Waals surface area contributed by atoms with E-state index in [0.717, 1.165) is 12.0 Å². The number of carbonyl (C=O) groups excluding carboxylic acids is 1. The molecule has 0 aliphatic rings. The highest BCUT2D eigenvalue weighted by Gasteiger charge is 1.99. The summed E-state index contributed by atoms with van der Waals surface area (Å²) in [6.45, 7) is 1.16. The Hall–Kier alpha value is -1.29. The van der Waals surface area contributed by atoms with Crippen LogP contribution in [0.15, 0.2) is 18.5 Å². The molecule has 1 rings (SSSR count). The van der Waals surface area contributed by atoms with E-state index in [1.807, 2.05) is 18.5 Å². The summed E-state index contributed by atoms with van der Waals surface area (Å²) in [5, 5.41) is 2.81. The minimum Gasteiger partial charge on any atom is -0.367 e. The van der Waals surface area contributed by atoms with Gasteiger partial charge in [0, 0.05) is 25.4 Å². The number of hydrogen-bond donors (Lipinski definition) is 3. The smallest absolute Gasteiger partial charge is 0.220 e. The van der Waals surface area contributed by atoms with Crippen LogP contribution in [0.3, 0.4) is 0 Å². The SMILES string of the molecule is NCCCC(=O)NCc1cc[nH]c1. The Balaban J connectivity index is 2.15. The number of amides is 1. The number of nitrogens with one attached hydrogen (secondary N) is 2. The lowest BCUT2D eigenvalue weighted by Crippen LogP contribution is -2.22. The maximum Gasteiger partial charge on any atom is 0.220 e. The standard InChI is InChI=1S/C9H15N3O/c10-4-1-2-9(13)12-7-8-3-5-11-6-8/h3,5-6,11H,1-2,4,7,10H2,(H,12,13). The van der Waals surface area contributed by atoms with Crippen LogP contribution in [0.2, 0.25) is 0 Å². The second-order valence-electron chi connectivity index (χ2n) is 2.89. The predicted octanol–water partition coefficient (Wildman–Crippen LogP) is 0.370. The highest BCUT2D eigenvalue weighted by atomic mass is 16.1. The highest BCUT2D eigenvalue weighted by molar-refractivity contribution is 5.75. The van der Waals surface area contributed by atoms with Crippen molar-refractivity contribution in [1.82, 2.24) is 10.3 Å². The number of carbonyl (C=O) groups is 1. The molecular weight excluding hydrogens is 166 g/mol. The lowest BCUT2D eigenvalue weighted by molar-refractivity contribution is -0.121. The summed E-state index contributed by atoms with van der Waals surface area (Å²) >= 11 is 0. The van der Waals surface area contributed by atoms with Crippen molar-refractivity contribution < 1.29 is 4.79 Å². The van der Waals surface area contributed by atoms with Crippen LogP contribution in [-0.4, -0.2) is 17.4 Å². The van der Waals surface area contributed by atoms with Crippen LogP contribution in [0.5, 0.6) is 0 Å². The third-order valence-electron chi connectivity index (χ3n) is 1.76. The van der Waals surface area contributed by atoms with Crippen LogP contribution >= 0.6 is 0 Å². The van der Waals surface area contributed by atoms with Crippen LogP contribution in [0.1, 0.15) is 18.4 Å². The first-order chi connectivity index (χ1) is 6.33. The molecule has 1 aromatic rings. The molecule has 1 heterocycles. The number of nitrogens with two attached hydrogens (primary N) is 1. The number of aromatic nitrogens is 1. The Morgan fingerprint density at radius 1 is 1.62 bits per heavy atom. The molecule has 0 unspecified atom stereocenters. The Morgan fingerprint density at radius 3 is 3.08 bits per heavy atom. The van der Waals surface area contributed by atoms with Gasteiger partial charge in [0.1, 0.15) is 0 Å². The number of H-pyrrole nitrogens is 1. The molecule has 72 valence electrons. The van der Waals surface area contributed by atoms with Gasteiger partial charge in [-0.05, 0) is 24.6 Å². The van der Waals surface area contributed by atoms with Gasteiger partial charge in [-0.3, -0.25) is 4.79 Å². The molecule has 0 bridgehead atoms. The molecule has 13 heavy (non-hydrogen) atoms. The molecule has 0 radical (unpaired) electrons. The van der Waals surface area contributed by atoms with Crippen LogP contribution in [-0.2, 0) is 11.3 Å². The highest BCUT2D eigenvalue weighted by Crippen LogP contribution is 1.95. The molecule has 0 fully saturated rings. The van der Waals surface area contributed by atoms with Gasteiger partial charge in [0.05, 0.1) is 0 Å². The van der Waals surface area contributed by atoms with Crippen molar-refractivity contribution in [2.24, 2.45) is 5.73 Å². The van der Waals surface area contributed by atoms with Crippen molar-refractivity contribution >= 4 is 5.91 Å². The van der Waals surface area contributed by atoms with E-state index in [2.05, 4.69) is 10.3 Å². The lowest BCUT2D eigenvalue weighted by Gasteiger charge is -2.01. The number of aromatic amines is 1. The van der Waals surface area contributed by atoms with Crippen molar-refractivity contribution in [1.29, 1.82) is 0 Å². The molecule has 1 aromatic heterocycles. The molecule has 0 aliphatic heterocycles. The fourth-order valence-corrected chi connectivity index (χ4v) is 1.02. The zero-order valence-electron chi connectivity index (χ0n) is 7.55. The van der Waals surface area contributed by atoms with Gasteiger partial charge < -0.3 is 16.0 Å². The van der Waals surface area contributed by atoms with E-state index in [4.69, 9.17) is 5.73 Å². The van der Waals surface area contributed by atoms with E-state index in [1.54, 1.807) is 0 Å². The minimum absolute atomic E-state index is 0.0617. The molecule has 4 heteroatoms. The summed E-state index contributed by atoms with van der Waals surface area (Å²) < 4.78 is 0. The Kier molecular flexibility index (Phi) is 4.05. The largest absolute Gasteiger partial charge is 0.367 e. The molecule has 4 N–H and O–H groups in total. The molecule has 0 spiro atoms. The van der Waals surface area contributed by atoms with E-state index in [1.165, 1.54) is 0 Å². The third kappa shape index (κ3) is 3.75. The van der Waals surface area contributed by atoms with Crippen molar-refractivity contribution in [2.45, 2.75) is 19.4 Å². The summed E-state index contributed by atoms with van der Waals surface area (Å²) in [7, 11) is 0. The van der Waals surface area contributed by atoms with Gasteiger partial charge in [-0.25, -0.2) is 0 Å². The lowest BCUT2D eigenvalue weighted by atomic mass is 10.3. The van der Waals surface area contributed by atoms with E-state index >= 15 is 0 Å². The Bertz CT molecular complexity index is 243. The molecule has 0 saturated heterocycles. The monoisotopic (exact) mass is 181 g/mol. The maximum atomic E-state index is 11.1. The Labute approximate surface area is 77.5 Å². The van der Waals surface area contributed by atoms with E-state index in [-0.39, 0.29) is 5.91 Å². The van der Waals surface area contributed by atoms with Crippen LogP contribution < -0.4 is 11.1 Å². The van der Waals surface area contributed by atoms with Gasteiger partial charge in [-0.15, -0.1) is 0 Å². The number of hydrogen-bond acceptors (Lipinski definition) is 2. The molecule has 0 aromatic carbocycles. The van der Waals surface area contributed by atoms with Gasteiger partial charge in [-0.2, -0.15) is 0 Å². The molecule has 1 amide bonds. The first kappa shape index (κ1) is 9.80. The zero-order valence-corrected chi connectivity index (χ0v) is 7.55. The maximum absolute atomic E-state index is 11.1. The first-order valence-corrected chi connectivity index (χ1v) is 4.41. The molecule has 4 nitrogen and oxygen atoms in total. The second-order valence-corrected chi connectivity index (χ2v) is 2.89. The average Bonchev–Trinajstić information content (AvgIpc) is 2.64. The molecule has 0 atom stereocenters. The topological polar surface area (TPSA) is 70.9 Å². The van der Waals surface area contributed by atoms with E-state index < -0.39 is 0 Å². The zero-order chi connectivity index (χ0) is 9.52. The minimum atomic E-state index is 0.0617. The van der Waals surface area contributed by atoms with Crippen molar-refractivity contribution in [3.05, 3.63) is 24.0 Å². The summed E-state index contributed by atoms with van der Waals surface area (Å²) in [5.41, 5.74) is 6.37. The van der Waals surface area contributed by atoms with Gasteiger partial charge in [0.15, 0.2) is 0 Å². The van der Waals surface area contributed by atoms with Gasteiger partial charge in [0.25, 0.3) is 0 Å². The van der Waals surface area contributed by atoms with Crippen LogP contribution in [0.25, 0.3) is 0 Å². The summed E-state index contributed by atoms with van der Waals surface area (Å²) in [6, 6.07) is 1.93. The fraction of sp³-hybridized carbons (Fsp3) is 0.444. The predicted molar refractivity (Wildman–Crippen MR) is 50.9 cm³/mol. The van der Waals surface area contributed by atoms with Gasteiger partial charge in [-0.1, -0.05) is 0 Å². The summed E-state index contributed by atoms with van der Waals surface area (Å²) in [6.07, 6.45) is 4.96. The first-order valence-electron chi connectivity index (χ1n) is 4.41. The van der Waals surface area contributed by atoms with E-state index in [9.17, 15) is 4.79 Å². The third-order valence-corrected chi connectivity index (χ3v) is 1.76. The van der Waals surface area contributed by atoms with Crippen molar-refractivity contribution in [3.8, 4) is 0 Å². The molecular formula is C9H15N3O. The fourth-order valence-electron chi connectivity index (χ4n) is 1.02. The summed E-state index contributed by atoms with van der Waals surface area (Å²) in [5.74, 6) is 0.0617. The van der Waals surface area contributed by atoms with E-state index in [0.29, 0.717) is 19.5 Å². The van der Waals surface area contributed by atoms with Crippen molar-refractivity contribution in [3.63, 3.8) is 0 Å². The van der Waals surface area contributed by atoms with Crippen molar-refractivity contribution in [2.75, 3.05) is 6.54 Å². The van der Waals surface area contributed by atoms with Gasteiger partial charge in [0.2, 0.25) is 5.91 Å². The average molecular weight is 181 g/mol. The summed E-state index contributed by atoms with van der Waals surface area (Å²) in [4.78, 5) is 14.0. The molecule has 0 aliphatic carbocycles. The normalized spacial score (nSPS) is 9.92. The molecule has 0 saturated carbocycles.